The van der Waals surface area contributed by atoms with Gasteiger partial charge in [-0.25, -0.2) is 9.37 Å². The van der Waals surface area contributed by atoms with Crippen molar-refractivity contribution in [1.82, 2.24) is 9.38 Å². The molecule has 0 N–H and O–H groups in total. The fourth-order valence-corrected chi connectivity index (χ4v) is 2.33. The van der Waals surface area contributed by atoms with Crippen molar-refractivity contribution < 1.29 is 13.9 Å². The molecule has 0 radical (unpaired) electrons. The van der Waals surface area contributed by atoms with Crippen LogP contribution in [-0.2, 0) is 0 Å². The molecule has 0 saturated heterocycles. The van der Waals surface area contributed by atoms with Gasteiger partial charge in [0.05, 0.1) is 12.8 Å². The molecule has 3 aromatic rings. The number of hydrogen-bond donors (Lipinski definition) is 0. The number of carbonyl (C=O) groups is 1. The second-order valence-corrected chi connectivity index (χ2v) is 4.78. The Hall–Kier alpha value is -2.69. The quantitative estimate of drug-likeness (QED) is 0.693. The van der Waals surface area contributed by atoms with Gasteiger partial charge in [-0.15, -0.1) is 0 Å². The fraction of sp³-hybridized carbons (Fsp3) is 0.125. The van der Waals surface area contributed by atoms with Crippen molar-refractivity contribution in [3.05, 3.63) is 53.6 Å². The number of aryl methyl sites for hydroxylation is 1. The topological polar surface area (TPSA) is 43.6 Å². The number of benzene rings is 1. The van der Waals surface area contributed by atoms with Gasteiger partial charge in [-0.05, 0) is 36.8 Å². The van der Waals surface area contributed by atoms with Gasteiger partial charge in [-0.2, -0.15) is 0 Å². The van der Waals surface area contributed by atoms with E-state index in [9.17, 15) is 9.18 Å². The Morgan fingerprint density at radius 1 is 1.29 bits per heavy atom. The Morgan fingerprint density at radius 2 is 2.10 bits per heavy atom. The summed E-state index contributed by atoms with van der Waals surface area (Å²) in [5.74, 6) is -0.237. The second-order valence-electron chi connectivity index (χ2n) is 4.78. The number of ether oxygens (including phenoxy) is 1. The average Bonchev–Trinajstić information content (AvgIpc) is 2.91. The van der Waals surface area contributed by atoms with E-state index in [0.717, 1.165) is 17.5 Å². The third-order valence-corrected chi connectivity index (χ3v) is 3.34. The number of rotatable bonds is 3. The van der Waals surface area contributed by atoms with Gasteiger partial charge >= 0.3 is 0 Å². The van der Waals surface area contributed by atoms with Gasteiger partial charge in [-0.1, -0.05) is 0 Å². The molecule has 0 aliphatic rings. The van der Waals surface area contributed by atoms with Crippen LogP contribution in [0.5, 0.6) is 5.75 Å². The van der Waals surface area contributed by atoms with Crippen molar-refractivity contribution in [2.45, 2.75) is 6.92 Å². The van der Waals surface area contributed by atoms with Gasteiger partial charge in [-0.3, -0.25) is 4.79 Å². The molecule has 5 heteroatoms. The molecule has 0 spiro atoms. The average molecular weight is 284 g/mol. The maximum atomic E-state index is 13.8. The third-order valence-electron chi connectivity index (χ3n) is 3.34. The number of imidazole rings is 1. The summed E-state index contributed by atoms with van der Waals surface area (Å²) in [4.78, 5) is 15.4. The molecule has 0 amide bonds. The first-order valence-corrected chi connectivity index (χ1v) is 6.41. The van der Waals surface area contributed by atoms with Gasteiger partial charge < -0.3 is 9.14 Å². The van der Waals surface area contributed by atoms with E-state index >= 15 is 0 Å². The van der Waals surface area contributed by atoms with Crippen LogP contribution in [0.25, 0.3) is 16.9 Å². The highest BCUT2D eigenvalue weighted by atomic mass is 19.1. The minimum atomic E-state index is -0.433. The van der Waals surface area contributed by atoms with Crippen LogP contribution in [0.1, 0.15) is 15.9 Å². The van der Waals surface area contributed by atoms with Crippen molar-refractivity contribution in [3.8, 4) is 17.0 Å². The SMILES string of the molecule is COc1ccc(-c2cn3cc(C=O)cc(C)c3n2)cc1F. The van der Waals surface area contributed by atoms with Crippen LogP contribution >= 0.6 is 0 Å². The number of halogens is 1. The summed E-state index contributed by atoms with van der Waals surface area (Å²) in [7, 11) is 1.42. The van der Waals surface area contributed by atoms with Crippen molar-refractivity contribution in [2.75, 3.05) is 7.11 Å². The molecule has 0 aliphatic heterocycles. The largest absolute Gasteiger partial charge is 0.494 e. The molecule has 2 heterocycles. The number of pyridine rings is 1. The third kappa shape index (κ3) is 2.27. The molecule has 0 atom stereocenters. The van der Waals surface area contributed by atoms with Crippen LogP contribution in [0.3, 0.4) is 0 Å². The highest BCUT2D eigenvalue weighted by molar-refractivity contribution is 5.76. The highest BCUT2D eigenvalue weighted by Crippen LogP contribution is 2.26. The summed E-state index contributed by atoms with van der Waals surface area (Å²) >= 11 is 0. The zero-order valence-corrected chi connectivity index (χ0v) is 11.6. The first-order valence-electron chi connectivity index (χ1n) is 6.41. The zero-order valence-electron chi connectivity index (χ0n) is 11.6. The standard InChI is InChI=1S/C16H13FN2O2/c1-10-5-11(9-20)7-19-8-14(18-16(10)19)12-3-4-15(21-2)13(17)6-12/h3-9H,1-2H3. The predicted molar refractivity (Wildman–Crippen MR) is 77.3 cm³/mol. The van der Waals surface area contributed by atoms with Gasteiger partial charge in [0.25, 0.3) is 0 Å². The van der Waals surface area contributed by atoms with Gasteiger partial charge in [0.15, 0.2) is 17.9 Å². The fourth-order valence-electron chi connectivity index (χ4n) is 2.33. The first-order chi connectivity index (χ1) is 10.1. The van der Waals surface area contributed by atoms with E-state index in [4.69, 9.17) is 4.74 Å². The predicted octanol–water partition coefficient (Wildman–Crippen LogP) is 3.27. The lowest BCUT2D eigenvalue weighted by molar-refractivity contribution is 0.112. The van der Waals surface area contributed by atoms with E-state index in [1.807, 2.05) is 6.92 Å². The van der Waals surface area contributed by atoms with E-state index in [0.29, 0.717) is 16.8 Å². The maximum absolute atomic E-state index is 13.8. The molecule has 1 aromatic carbocycles. The number of nitrogens with zero attached hydrogens (tertiary/aromatic N) is 2. The summed E-state index contributed by atoms with van der Waals surface area (Å²) in [6, 6.07) is 6.47. The molecule has 3 rings (SSSR count). The number of aromatic nitrogens is 2. The summed E-state index contributed by atoms with van der Waals surface area (Å²) in [6.07, 6.45) is 4.27. The highest BCUT2D eigenvalue weighted by Gasteiger charge is 2.10. The summed E-state index contributed by atoms with van der Waals surface area (Å²) in [6.45, 7) is 1.88. The van der Waals surface area contributed by atoms with Crippen molar-refractivity contribution >= 4 is 11.9 Å². The zero-order chi connectivity index (χ0) is 15.0. The monoisotopic (exact) mass is 284 g/mol. The molecule has 4 nitrogen and oxygen atoms in total. The smallest absolute Gasteiger partial charge is 0.165 e. The van der Waals surface area contributed by atoms with Crippen molar-refractivity contribution in [1.29, 1.82) is 0 Å². The molecule has 0 unspecified atom stereocenters. The molecular formula is C16H13FN2O2. The van der Waals surface area contributed by atoms with Crippen molar-refractivity contribution in [2.24, 2.45) is 0 Å². The summed E-state index contributed by atoms with van der Waals surface area (Å²) < 4.78 is 20.5. The van der Waals surface area contributed by atoms with E-state index in [-0.39, 0.29) is 5.75 Å². The van der Waals surface area contributed by atoms with Crippen LogP contribution in [0.15, 0.2) is 36.7 Å². The van der Waals surface area contributed by atoms with Gasteiger partial charge in [0.2, 0.25) is 0 Å². The molecular weight excluding hydrogens is 271 g/mol. The van der Waals surface area contributed by atoms with E-state index in [2.05, 4.69) is 4.98 Å². The Balaban J connectivity index is 2.15. The lowest BCUT2D eigenvalue weighted by Gasteiger charge is -2.02. The van der Waals surface area contributed by atoms with Crippen LogP contribution in [0.2, 0.25) is 0 Å². The lowest BCUT2D eigenvalue weighted by atomic mass is 10.1. The first kappa shape index (κ1) is 13.3. The maximum Gasteiger partial charge on any atom is 0.165 e. The Bertz CT molecular complexity index is 840. The summed E-state index contributed by atoms with van der Waals surface area (Å²) in [5.41, 5.74) is 3.50. The molecule has 0 bridgehead atoms. The van der Waals surface area contributed by atoms with Crippen LogP contribution in [0.4, 0.5) is 4.39 Å². The molecule has 21 heavy (non-hydrogen) atoms. The van der Waals surface area contributed by atoms with Gasteiger partial charge in [0.1, 0.15) is 5.65 Å². The Labute approximate surface area is 120 Å². The number of carbonyl (C=O) groups excluding carboxylic acids is 1. The second kappa shape index (κ2) is 5.01. The Morgan fingerprint density at radius 3 is 2.76 bits per heavy atom. The number of methoxy groups -OCH3 is 1. The van der Waals surface area contributed by atoms with Crippen LogP contribution < -0.4 is 4.74 Å². The minimum Gasteiger partial charge on any atom is -0.494 e. The Kier molecular flexibility index (Phi) is 3.17. The van der Waals surface area contributed by atoms with Crippen molar-refractivity contribution in [3.63, 3.8) is 0 Å². The van der Waals surface area contributed by atoms with Crippen LogP contribution in [0, 0.1) is 12.7 Å². The molecule has 0 fully saturated rings. The number of fused-ring (bicyclic) bond motifs is 1. The van der Waals surface area contributed by atoms with Crippen LogP contribution in [-0.4, -0.2) is 22.8 Å². The normalized spacial score (nSPS) is 10.8. The van der Waals surface area contributed by atoms with Gasteiger partial charge in [0, 0.05) is 23.5 Å². The van der Waals surface area contributed by atoms with E-state index in [1.165, 1.54) is 13.2 Å². The number of hydrogen-bond acceptors (Lipinski definition) is 3. The molecule has 2 aromatic heterocycles. The number of aldehydes is 1. The van der Waals surface area contributed by atoms with E-state index < -0.39 is 5.82 Å². The lowest BCUT2D eigenvalue weighted by Crippen LogP contribution is -1.91. The molecule has 0 aliphatic carbocycles. The minimum absolute atomic E-state index is 0.196. The summed E-state index contributed by atoms with van der Waals surface area (Å²) in [5, 5.41) is 0. The molecule has 0 saturated carbocycles. The van der Waals surface area contributed by atoms with E-state index in [1.54, 1.807) is 35.0 Å². The molecule has 106 valence electrons.